The van der Waals surface area contributed by atoms with Gasteiger partial charge in [-0.3, -0.25) is 0 Å². The highest BCUT2D eigenvalue weighted by atomic mass is 32.2. The molecule has 0 aromatic carbocycles. The van der Waals surface area contributed by atoms with E-state index < -0.39 is 0 Å². The summed E-state index contributed by atoms with van der Waals surface area (Å²) in [5, 5.41) is 12.6. The maximum absolute atomic E-state index is 10.5. The molecular formula is C16H24O2S2. The zero-order chi connectivity index (χ0) is 13.8. The minimum Gasteiger partial charge on any atom is -0.393 e. The van der Waals surface area contributed by atoms with Gasteiger partial charge in [0.15, 0.2) is 0 Å². The number of hydrogen-bond acceptors (Lipinski definition) is 4. The van der Waals surface area contributed by atoms with Gasteiger partial charge in [-0.15, -0.1) is 11.3 Å². The van der Waals surface area contributed by atoms with E-state index in [1.165, 1.54) is 17.1 Å². The van der Waals surface area contributed by atoms with Gasteiger partial charge in [-0.25, -0.2) is 0 Å². The SMILES string of the molecule is OC(CCCc1cccs1)C1CCOC2(CCSC2)C1. The number of thiophene rings is 1. The molecule has 0 bridgehead atoms. The van der Waals surface area contributed by atoms with Crippen molar-refractivity contribution < 1.29 is 9.84 Å². The lowest BCUT2D eigenvalue weighted by Crippen LogP contribution is -2.43. The molecule has 3 unspecified atom stereocenters. The Morgan fingerprint density at radius 1 is 1.50 bits per heavy atom. The lowest BCUT2D eigenvalue weighted by Gasteiger charge is -2.39. The average Bonchev–Trinajstić information content (AvgIpc) is 3.11. The van der Waals surface area contributed by atoms with Gasteiger partial charge < -0.3 is 9.84 Å². The summed E-state index contributed by atoms with van der Waals surface area (Å²) in [6.45, 7) is 0.840. The molecule has 2 aliphatic heterocycles. The van der Waals surface area contributed by atoms with Crippen LogP contribution in [0.5, 0.6) is 0 Å². The van der Waals surface area contributed by atoms with E-state index in [9.17, 15) is 5.11 Å². The Balaban J connectivity index is 1.45. The van der Waals surface area contributed by atoms with Crippen LogP contribution in [-0.4, -0.2) is 34.9 Å². The summed E-state index contributed by atoms with van der Waals surface area (Å²) in [4.78, 5) is 1.44. The van der Waals surface area contributed by atoms with Crippen molar-refractivity contribution in [1.82, 2.24) is 0 Å². The average molecular weight is 312 g/mol. The monoisotopic (exact) mass is 312 g/mol. The first-order valence-corrected chi connectivity index (χ1v) is 9.73. The maximum Gasteiger partial charge on any atom is 0.0783 e. The number of rotatable bonds is 5. The normalized spacial score (nSPS) is 31.8. The second-order valence-corrected chi connectivity index (χ2v) is 8.26. The van der Waals surface area contributed by atoms with Gasteiger partial charge >= 0.3 is 0 Å². The largest absolute Gasteiger partial charge is 0.393 e. The van der Waals surface area contributed by atoms with Gasteiger partial charge in [0.25, 0.3) is 0 Å². The van der Waals surface area contributed by atoms with Crippen molar-refractivity contribution in [1.29, 1.82) is 0 Å². The minimum absolute atomic E-state index is 0.0995. The highest BCUT2D eigenvalue weighted by molar-refractivity contribution is 7.99. The molecule has 1 aromatic heterocycles. The fourth-order valence-corrected chi connectivity index (χ4v) is 5.56. The first-order chi connectivity index (χ1) is 9.77. The van der Waals surface area contributed by atoms with Gasteiger partial charge in [-0.2, -0.15) is 11.8 Å². The topological polar surface area (TPSA) is 29.5 Å². The van der Waals surface area contributed by atoms with Crippen LogP contribution >= 0.6 is 23.1 Å². The van der Waals surface area contributed by atoms with E-state index in [4.69, 9.17) is 4.74 Å². The minimum atomic E-state index is -0.138. The number of ether oxygens (including phenoxy) is 1. The van der Waals surface area contributed by atoms with Gasteiger partial charge in [-0.05, 0) is 61.6 Å². The van der Waals surface area contributed by atoms with Crippen LogP contribution in [0.4, 0.5) is 0 Å². The van der Waals surface area contributed by atoms with Crippen LogP contribution in [0.15, 0.2) is 17.5 Å². The molecule has 2 fully saturated rings. The van der Waals surface area contributed by atoms with Gasteiger partial charge in [0.05, 0.1) is 11.7 Å². The second kappa shape index (κ2) is 6.82. The predicted octanol–water partition coefficient (Wildman–Crippen LogP) is 3.73. The zero-order valence-electron chi connectivity index (χ0n) is 11.9. The Morgan fingerprint density at radius 2 is 2.45 bits per heavy atom. The quantitative estimate of drug-likeness (QED) is 0.898. The number of thioether (sulfide) groups is 1. The van der Waals surface area contributed by atoms with Gasteiger partial charge in [0.1, 0.15) is 0 Å². The Hall–Kier alpha value is -0.0300. The van der Waals surface area contributed by atoms with E-state index in [1.807, 2.05) is 23.1 Å². The molecule has 2 aliphatic rings. The summed E-state index contributed by atoms with van der Waals surface area (Å²) < 4.78 is 6.04. The summed E-state index contributed by atoms with van der Waals surface area (Å²) in [7, 11) is 0. The number of aliphatic hydroxyl groups is 1. The lowest BCUT2D eigenvalue weighted by atomic mass is 9.81. The molecule has 1 aromatic rings. The molecule has 0 aliphatic carbocycles. The van der Waals surface area contributed by atoms with Crippen molar-refractivity contribution in [3.8, 4) is 0 Å². The van der Waals surface area contributed by atoms with E-state index in [0.29, 0.717) is 5.92 Å². The molecule has 3 rings (SSSR count). The first kappa shape index (κ1) is 14.9. The Labute approximate surface area is 129 Å². The van der Waals surface area contributed by atoms with E-state index in [0.717, 1.165) is 44.5 Å². The van der Waals surface area contributed by atoms with Gasteiger partial charge in [-0.1, -0.05) is 6.07 Å². The number of aliphatic hydroxyl groups excluding tert-OH is 1. The smallest absolute Gasteiger partial charge is 0.0783 e. The van der Waals surface area contributed by atoms with Crippen LogP contribution in [-0.2, 0) is 11.2 Å². The molecule has 2 saturated heterocycles. The second-order valence-electron chi connectivity index (χ2n) is 6.13. The number of hydrogen-bond donors (Lipinski definition) is 1. The summed E-state index contributed by atoms with van der Waals surface area (Å²) in [6, 6.07) is 4.30. The standard InChI is InChI=1S/C16H24O2S2/c17-15(5-1-3-14-4-2-9-20-14)13-6-8-18-16(11-13)7-10-19-12-16/h2,4,9,13,15,17H,1,3,5-8,10-12H2. The lowest BCUT2D eigenvalue weighted by molar-refractivity contribution is -0.102. The summed E-state index contributed by atoms with van der Waals surface area (Å²) in [6.07, 6.45) is 6.29. The molecular weight excluding hydrogens is 288 g/mol. The van der Waals surface area contributed by atoms with Crippen molar-refractivity contribution in [2.75, 3.05) is 18.1 Å². The van der Waals surface area contributed by atoms with Crippen LogP contribution < -0.4 is 0 Å². The predicted molar refractivity (Wildman–Crippen MR) is 86.6 cm³/mol. The van der Waals surface area contributed by atoms with Crippen LogP contribution in [0.3, 0.4) is 0 Å². The highest BCUT2D eigenvalue weighted by Crippen LogP contribution is 2.41. The van der Waals surface area contributed by atoms with E-state index in [-0.39, 0.29) is 11.7 Å². The van der Waals surface area contributed by atoms with E-state index in [1.54, 1.807) is 0 Å². The Morgan fingerprint density at radius 3 is 3.20 bits per heavy atom. The molecule has 20 heavy (non-hydrogen) atoms. The van der Waals surface area contributed by atoms with Crippen molar-refractivity contribution >= 4 is 23.1 Å². The van der Waals surface area contributed by atoms with Crippen LogP contribution in [0.25, 0.3) is 0 Å². The third-order valence-electron chi connectivity index (χ3n) is 4.65. The van der Waals surface area contributed by atoms with E-state index in [2.05, 4.69) is 17.5 Å². The molecule has 0 radical (unpaired) electrons. The molecule has 0 saturated carbocycles. The van der Waals surface area contributed by atoms with Gasteiger partial charge in [0.2, 0.25) is 0 Å². The molecule has 0 amide bonds. The summed E-state index contributed by atoms with van der Waals surface area (Å²) in [5.74, 6) is 2.80. The van der Waals surface area contributed by atoms with Crippen LogP contribution in [0.2, 0.25) is 0 Å². The molecule has 1 N–H and O–H groups in total. The molecule has 112 valence electrons. The third-order valence-corrected chi connectivity index (χ3v) is 6.80. The molecule has 4 heteroatoms. The third kappa shape index (κ3) is 3.59. The van der Waals surface area contributed by atoms with Crippen molar-refractivity contribution in [3.05, 3.63) is 22.4 Å². The first-order valence-electron chi connectivity index (χ1n) is 7.70. The Kier molecular flexibility index (Phi) is 5.08. The molecule has 3 atom stereocenters. The zero-order valence-corrected chi connectivity index (χ0v) is 13.6. The molecule has 1 spiro atoms. The summed E-state index contributed by atoms with van der Waals surface area (Å²) >= 11 is 3.83. The van der Waals surface area contributed by atoms with Crippen molar-refractivity contribution in [3.63, 3.8) is 0 Å². The van der Waals surface area contributed by atoms with Crippen LogP contribution in [0, 0.1) is 5.92 Å². The van der Waals surface area contributed by atoms with Crippen LogP contribution in [0.1, 0.15) is 37.0 Å². The molecule has 3 heterocycles. The fourth-order valence-electron chi connectivity index (χ4n) is 3.43. The highest BCUT2D eigenvalue weighted by Gasteiger charge is 2.41. The number of aryl methyl sites for hydroxylation is 1. The Bertz CT molecular complexity index is 399. The summed E-state index contributed by atoms with van der Waals surface area (Å²) in [5.41, 5.74) is 0.0995. The maximum atomic E-state index is 10.5. The molecule has 2 nitrogen and oxygen atoms in total. The van der Waals surface area contributed by atoms with Crippen molar-refractivity contribution in [2.24, 2.45) is 5.92 Å². The fraction of sp³-hybridized carbons (Fsp3) is 0.750. The van der Waals surface area contributed by atoms with E-state index >= 15 is 0 Å². The van der Waals surface area contributed by atoms with Gasteiger partial charge in [0, 0.05) is 17.2 Å². The van der Waals surface area contributed by atoms with Crippen molar-refractivity contribution in [2.45, 2.75) is 50.2 Å².